The molecule has 0 atom stereocenters. The van der Waals surface area contributed by atoms with Crippen molar-refractivity contribution in [1.29, 1.82) is 0 Å². The highest BCUT2D eigenvalue weighted by Crippen LogP contribution is 2.29. The summed E-state index contributed by atoms with van der Waals surface area (Å²) in [5.41, 5.74) is 7.72. The van der Waals surface area contributed by atoms with Crippen LogP contribution in [-0.2, 0) is 12.8 Å². The van der Waals surface area contributed by atoms with E-state index in [1.165, 1.54) is 34.6 Å². The van der Waals surface area contributed by atoms with E-state index in [-0.39, 0.29) is 11.8 Å². The number of anilines is 1. The molecule has 0 saturated heterocycles. The number of hydrogen-bond acceptors (Lipinski definition) is 4. The van der Waals surface area contributed by atoms with Gasteiger partial charge in [0.15, 0.2) is 0 Å². The molecular weight excluding hydrogens is 322 g/mol. The summed E-state index contributed by atoms with van der Waals surface area (Å²) in [5, 5.41) is 0. The van der Waals surface area contributed by atoms with Crippen LogP contribution >= 0.6 is 11.3 Å². The average molecular weight is 343 g/mol. The summed E-state index contributed by atoms with van der Waals surface area (Å²) in [6, 6.07) is 9.20. The van der Waals surface area contributed by atoms with Gasteiger partial charge in [-0.25, -0.2) is 0 Å². The van der Waals surface area contributed by atoms with Crippen molar-refractivity contribution in [2.75, 3.05) is 19.0 Å². The molecule has 2 aromatic rings. The lowest BCUT2D eigenvalue weighted by molar-refractivity contribution is 0.0849. The number of nitrogens with zero attached hydrogens (tertiary/aromatic N) is 1. The molecule has 0 unspecified atom stereocenters. The quantitative estimate of drug-likeness (QED) is 0.843. The Morgan fingerprint density at radius 1 is 1.04 bits per heavy atom. The number of amides is 2. The SMILES string of the molecule is CN(C)c1cccc(C(=O)NNC(=O)c2cc3c(s2)CCCC3)c1. The highest BCUT2D eigenvalue weighted by atomic mass is 32.1. The van der Waals surface area contributed by atoms with Crippen molar-refractivity contribution >= 4 is 28.8 Å². The summed E-state index contributed by atoms with van der Waals surface area (Å²) < 4.78 is 0. The first-order valence-corrected chi connectivity index (χ1v) is 8.86. The highest BCUT2D eigenvalue weighted by Gasteiger charge is 2.17. The molecule has 126 valence electrons. The molecule has 0 aliphatic heterocycles. The predicted octanol–water partition coefficient (Wildman–Crippen LogP) is 2.77. The van der Waals surface area contributed by atoms with E-state index < -0.39 is 0 Å². The molecule has 0 radical (unpaired) electrons. The minimum Gasteiger partial charge on any atom is -0.378 e. The van der Waals surface area contributed by atoms with E-state index in [4.69, 9.17) is 0 Å². The lowest BCUT2D eigenvalue weighted by Crippen LogP contribution is -2.41. The Hall–Kier alpha value is -2.34. The molecule has 2 amide bonds. The monoisotopic (exact) mass is 343 g/mol. The minimum atomic E-state index is -0.326. The van der Waals surface area contributed by atoms with Gasteiger partial charge in [0, 0.05) is 30.2 Å². The van der Waals surface area contributed by atoms with Gasteiger partial charge in [0.05, 0.1) is 4.88 Å². The molecule has 0 fully saturated rings. The molecule has 0 saturated carbocycles. The molecule has 24 heavy (non-hydrogen) atoms. The van der Waals surface area contributed by atoms with Crippen molar-refractivity contribution < 1.29 is 9.59 Å². The van der Waals surface area contributed by atoms with Crippen molar-refractivity contribution in [2.24, 2.45) is 0 Å². The van der Waals surface area contributed by atoms with E-state index in [1.54, 1.807) is 12.1 Å². The van der Waals surface area contributed by atoms with Gasteiger partial charge in [0.25, 0.3) is 11.8 Å². The minimum absolute atomic E-state index is 0.258. The topological polar surface area (TPSA) is 61.4 Å². The van der Waals surface area contributed by atoms with Gasteiger partial charge in [-0.2, -0.15) is 0 Å². The first-order chi connectivity index (χ1) is 11.5. The van der Waals surface area contributed by atoms with Gasteiger partial charge in [0.1, 0.15) is 0 Å². The van der Waals surface area contributed by atoms with Crippen LogP contribution in [-0.4, -0.2) is 25.9 Å². The molecule has 1 aromatic heterocycles. The second kappa shape index (κ2) is 7.05. The fourth-order valence-corrected chi connectivity index (χ4v) is 3.92. The number of aryl methyl sites for hydroxylation is 2. The van der Waals surface area contributed by atoms with Crippen LogP contribution in [0.2, 0.25) is 0 Å². The molecule has 0 bridgehead atoms. The summed E-state index contributed by atoms with van der Waals surface area (Å²) in [5.74, 6) is -0.583. The second-order valence-electron chi connectivity index (χ2n) is 6.12. The Kier molecular flexibility index (Phi) is 4.85. The van der Waals surface area contributed by atoms with Crippen LogP contribution in [0.15, 0.2) is 30.3 Å². The zero-order valence-electron chi connectivity index (χ0n) is 13.9. The van der Waals surface area contributed by atoms with E-state index in [0.29, 0.717) is 10.4 Å². The fourth-order valence-electron chi connectivity index (χ4n) is 2.78. The number of carbonyl (C=O) groups excluding carboxylic acids is 2. The number of nitrogens with one attached hydrogen (secondary N) is 2. The lowest BCUT2D eigenvalue weighted by atomic mass is 9.99. The summed E-state index contributed by atoms with van der Waals surface area (Å²) in [6.07, 6.45) is 4.47. The average Bonchev–Trinajstić information content (AvgIpc) is 3.03. The number of hydrazine groups is 1. The van der Waals surface area contributed by atoms with Crippen molar-refractivity contribution in [3.8, 4) is 0 Å². The molecule has 1 aromatic carbocycles. The van der Waals surface area contributed by atoms with E-state index in [9.17, 15) is 9.59 Å². The van der Waals surface area contributed by atoms with Gasteiger partial charge in [-0.05, 0) is 55.5 Å². The van der Waals surface area contributed by atoms with Crippen LogP contribution in [0.3, 0.4) is 0 Å². The second-order valence-corrected chi connectivity index (χ2v) is 7.26. The van der Waals surface area contributed by atoms with Crippen molar-refractivity contribution in [2.45, 2.75) is 25.7 Å². The van der Waals surface area contributed by atoms with Gasteiger partial charge < -0.3 is 4.90 Å². The Bertz CT molecular complexity index is 744. The molecule has 0 spiro atoms. The summed E-state index contributed by atoms with van der Waals surface area (Å²) >= 11 is 1.53. The first-order valence-electron chi connectivity index (χ1n) is 8.04. The van der Waals surface area contributed by atoms with E-state index >= 15 is 0 Å². The van der Waals surface area contributed by atoms with Crippen LogP contribution < -0.4 is 15.8 Å². The van der Waals surface area contributed by atoms with Crippen molar-refractivity contribution in [1.82, 2.24) is 10.9 Å². The number of benzene rings is 1. The maximum atomic E-state index is 12.2. The number of fused-ring (bicyclic) bond motifs is 1. The third kappa shape index (κ3) is 3.59. The standard InChI is InChI=1S/C18H21N3O2S/c1-21(2)14-8-5-7-13(10-14)17(22)19-20-18(23)16-11-12-6-3-4-9-15(12)24-16/h5,7-8,10-11H,3-4,6,9H2,1-2H3,(H,19,22)(H,20,23). The number of hydrogen-bond donors (Lipinski definition) is 2. The Morgan fingerprint density at radius 2 is 1.79 bits per heavy atom. The van der Waals surface area contributed by atoms with Gasteiger partial charge in [-0.1, -0.05) is 6.07 Å². The van der Waals surface area contributed by atoms with Gasteiger partial charge in [0.2, 0.25) is 0 Å². The Labute approximate surface area is 145 Å². The maximum absolute atomic E-state index is 12.2. The largest absolute Gasteiger partial charge is 0.378 e. The van der Waals surface area contributed by atoms with Crippen LogP contribution in [0.1, 0.15) is 43.3 Å². The van der Waals surface area contributed by atoms with Crippen molar-refractivity contribution in [3.05, 3.63) is 51.2 Å². The van der Waals surface area contributed by atoms with Crippen LogP contribution in [0.4, 0.5) is 5.69 Å². The molecular formula is C18H21N3O2S. The van der Waals surface area contributed by atoms with Crippen molar-refractivity contribution in [3.63, 3.8) is 0 Å². The molecule has 5 nitrogen and oxygen atoms in total. The summed E-state index contributed by atoms with van der Waals surface area (Å²) in [4.78, 5) is 28.3. The van der Waals surface area contributed by atoms with Crippen LogP contribution in [0.5, 0.6) is 0 Å². The summed E-state index contributed by atoms with van der Waals surface area (Å²) in [6.45, 7) is 0. The molecule has 1 aliphatic carbocycles. The van der Waals surface area contributed by atoms with E-state index in [0.717, 1.165) is 18.5 Å². The van der Waals surface area contributed by atoms with Gasteiger partial charge in [-0.15, -0.1) is 11.3 Å². The molecule has 1 heterocycles. The lowest BCUT2D eigenvalue weighted by Gasteiger charge is -2.13. The van der Waals surface area contributed by atoms with Gasteiger partial charge >= 0.3 is 0 Å². The zero-order chi connectivity index (χ0) is 17.1. The Morgan fingerprint density at radius 3 is 2.54 bits per heavy atom. The highest BCUT2D eigenvalue weighted by molar-refractivity contribution is 7.14. The number of carbonyl (C=O) groups is 2. The third-order valence-electron chi connectivity index (χ3n) is 4.13. The predicted molar refractivity (Wildman–Crippen MR) is 96.7 cm³/mol. The maximum Gasteiger partial charge on any atom is 0.279 e. The number of thiophene rings is 1. The first kappa shape index (κ1) is 16.5. The van der Waals surface area contributed by atoms with Crippen LogP contribution in [0.25, 0.3) is 0 Å². The molecule has 2 N–H and O–H groups in total. The normalized spacial score (nSPS) is 13.1. The molecule has 6 heteroatoms. The zero-order valence-corrected chi connectivity index (χ0v) is 14.7. The third-order valence-corrected chi connectivity index (χ3v) is 5.37. The smallest absolute Gasteiger partial charge is 0.279 e. The molecule has 1 aliphatic rings. The number of rotatable bonds is 3. The van der Waals surface area contributed by atoms with Gasteiger partial charge in [-0.3, -0.25) is 20.4 Å². The summed E-state index contributed by atoms with van der Waals surface area (Å²) in [7, 11) is 3.83. The van der Waals surface area contributed by atoms with E-state index in [1.807, 2.05) is 37.2 Å². The molecule has 3 rings (SSSR count). The Balaban J connectivity index is 1.62. The fraction of sp³-hybridized carbons (Fsp3) is 0.333. The van der Waals surface area contributed by atoms with Crippen LogP contribution in [0, 0.1) is 0 Å². The van der Waals surface area contributed by atoms with E-state index in [2.05, 4.69) is 10.9 Å².